The predicted octanol–water partition coefficient (Wildman–Crippen LogP) is 4.69. The standard InChI is InChI=1S/C20H14BrFN4O/c1-12-17(11-23-19(24-12)14-3-2-4-16(22)10-14)20(27)25-26-8-7-13-9-15(21)5-6-18(13)26/h2-11H,1H3,(H,25,27). The number of carbonyl (C=O) groups is 1. The molecule has 4 rings (SSSR count). The third-order valence-corrected chi connectivity index (χ3v) is 4.67. The molecule has 0 bridgehead atoms. The molecule has 0 aliphatic carbocycles. The summed E-state index contributed by atoms with van der Waals surface area (Å²) in [5.41, 5.74) is 5.14. The van der Waals surface area contributed by atoms with Crippen molar-refractivity contribution in [3.05, 3.63) is 82.5 Å². The maximum absolute atomic E-state index is 13.4. The molecule has 134 valence electrons. The van der Waals surface area contributed by atoms with Gasteiger partial charge in [-0.05, 0) is 43.3 Å². The van der Waals surface area contributed by atoms with Crippen molar-refractivity contribution >= 4 is 32.7 Å². The van der Waals surface area contributed by atoms with Crippen LogP contribution in [0.4, 0.5) is 4.39 Å². The van der Waals surface area contributed by atoms with Crippen molar-refractivity contribution in [3.8, 4) is 11.4 Å². The molecule has 0 atom stereocenters. The number of amides is 1. The summed E-state index contributed by atoms with van der Waals surface area (Å²) < 4.78 is 16.0. The first-order valence-corrected chi connectivity index (χ1v) is 8.98. The van der Waals surface area contributed by atoms with E-state index in [-0.39, 0.29) is 11.7 Å². The van der Waals surface area contributed by atoms with Crippen molar-refractivity contribution in [3.63, 3.8) is 0 Å². The second-order valence-corrected chi connectivity index (χ2v) is 6.95. The van der Waals surface area contributed by atoms with E-state index in [2.05, 4.69) is 31.3 Å². The van der Waals surface area contributed by atoms with Gasteiger partial charge in [0.25, 0.3) is 5.91 Å². The van der Waals surface area contributed by atoms with Crippen molar-refractivity contribution in [2.45, 2.75) is 6.92 Å². The molecule has 2 aromatic carbocycles. The molecule has 0 aliphatic rings. The lowest BCUT2D eigenvalue weighted by molar-refractivity contribution is 0.101. The maximum atomic E-state index is 13.4. The quantitative estimate of drug-likeness (QED) is 0.518. The van der Waals surface area contributed by atoms with Crippen LogP contribution < -0.4 is 5.43 Å². The van der Waals surface area contributed by atoms with Crippen molar-refractivity contribution in [1.82, 2.24) is 14.6 Å². The normalized spacial score (nSPS) is 10.9. The van der Waals surface area contributed by atoms with Gasteiger partial charge in [-0.3, -0.25) is 14.9 Å². The third kappa shape index (κ3) is 3.46. The fourth-order valence-corrected chi connectivity index (χ4v) is 3.22. The number of carbonyl (C=O) groups excluding carboxylic acids is 1. The summed E-state index contributed by atoms with van der Waals surface area (Å²) in [5, 5.41) is 0.999. The van der Waals surface area contributed by atoms with Crippen molar-refractivity contribution < 1.29 is 9.18 Å². The van der Waals surface area contributed by atoms with Crippen LogP contribution in [-0.4, -0.2) is 20.6 Å². The molecular weight excluding hydrogens is 411 g/mol. The molecule has 0 spiro atoms. The first kappa shape index (κ1) is 17.4. The van der Waals surface area contributed by atoms with E-state index in [1.54, 1.807) is 29.9 Å². The number of nitrogens with one attached hydrogen (secondary N) is 1. The minimum atomic E-state index is -0.360. The molecule has 1 N–H and O–H groups in total. The molecule has 27 heavy (non-hydrogen) atoms. The Morgan fingerprint density at radius 1 is 1.19 bits per heavy atom. The Morgan fingerprint density at radius 2 is 2.04 bits per heavy atom. The highest BCUT2D eigenvalue weighted by molar-refractivity contribution is 9.10. The first-order valence-electron chi connectivity index (χ1n) is 8.19. The molecule has 0 unspecified atom stereocenters. The van der Waals surface area contributed by atoms with Gasteiger partial charge in [-0.25, -0.2) is 14.4 Å². The number of rotatable bonds is 3. The summed E-state index contributed by atoms with van der Waals surface area (Å²) in [7, 11) is 0. The number of hydrogen-bond donors (Lipinski definition) is 1. The van der Waals surface area contributed by atoms with Crippen LogP contribution in [0, 0.1) is 12.7 Å². The largest absolute Gasteiger partial charge is 0.273 e. The fraction of sp³-hybridized carbons (Fsp3) is 0.0500. The Labute approximate surface area is 163 Å². The summed E-state index contributed by atoms with van der Waals surface area (Å²) >= 11 is 3.43. The topological polar surface area (TPSA) is 59.8 Å². The van der Waals surface area contributed by atoms with E-state index in [1.165, 1.54) is 18.3 Å². The molecule has 2 heterocycles. The Bertz CT molecular complexity index is 1170. The van der Waals surface area contributed by atoms with Crippen LogP contribution in [0.25, 0.3) is 22.3 Å². The molecule has 1 amide bonds. The van der Waals surface area contributed by atoms with Gasteiger partial charge < -0.3 is 0 Å². The van der Waals surface area contributed by atoms with E-state index in [0.29, 0.717) is 22.6 Å². The lowest BCUT2D eigenvalue weighted by atomic mass is 10.2. The summed E-state index contributed by atoms with van der Waals surface area (Å²) in [5.74, 6) is -0.305. The monoisotopic (exact) mass is 424 g/mol. The number of aryl methyl sites for hydroxylation is 1. The average Bonchev–Trinajstić information content (AvgIpc) is 3.03. The molecule has 0 saturated carbocycles. The van der Waals surface area contributed by atoms with E-state index < -0.39 is 0 Å². The Hall–Kier alpha value is -3.06. The van der Waals surface area contributed by atoms with Gasteiger partial charge in [0.2, 0.25) is 0 Å². The number of nitrogens with zero attached hydrogens (tertiary/aromatic N) is 3. The lowest BCUT2D eigenvalue weighted by Gasteiger charge is -2.10. The van der Waals surface area contributed by atoms with Gasteiger partial charge in [0.15, 0.2) is 5.82 Å². The summed E-state index contributed by atoms with van der Waals surface area (Å²) in [6.07, 6.45) is 3.24. The van der Waals surface area contributed by atoms with Gasteiger partial charge >= 0.3 is 0 Å². The predicted molar refractivity (Wildman–Crippen MR) is 105 cm³/mol. The van der Waals surface area contributed by atoms with Crippen LogP contribution in [0.1, 0.15) is 16.1 Å². The summed E-state index contributed by atoms with van der Waals surface area (Å²) in [4.78, 5) is 21.2. The fourth-order valence-electron chi connectivity index (χ4n) is 2.84. The number of halogens is 2. The summed E-state index contributed by atoms with van der Waals surface area (Å²) in [6.45, 7) is 1.73. The number of hydrogen-bond acceptors (Lipinski definition) is 3. The summed E-state index contributed by atoms with van der Waals surface area (Å²) in [6, 6.07) is 13.7. The molecule has 7 heteroatoms. The van der Waals surface area contributed by atoms with Crippen LogP contribution in [-0.2, 0) is 0 Å². The third-order valence-electron chi connectivity index (χ3n) is 4.18. The van der Waals surface area contributed by atoms with E-state index in [0.717, 1.165) is 15.4 Å². The lowest BCUT2D eigenvalue weighted by Crippen LogP contribution is -2.23. The van der Waals surface area contributed by atoms with Crippen LogP contribution in [0.15, 0.2) is 65.4 Å². The van der Waals surface area contributed by atoms with Gasteiger partial charge in [-0.15, -0.1) is 0 Å². The second kappa shape index (κ2) is 6.92. The minimum Gasteiger partial charge on any atom is -0.267 e. The minimum absolute atomic E-state index is 0.321. The SMILES string of the molecule is Cc1nc(-c2cccc(F)c2)ncc1C(=O)Nn1ccc2cc(Br)ccc21. The highest BCUT2D eigenvalue weighted by atomic mass is 79.9. The number of aromatic nitrogens is 3. The number of benzene rings is 2. The van der Waals surface area contributed by atoms with Gasteiger partial charge in [-0.1, -0.05) is 28.1 Å². The molecule has 0 aliphatic heterocycles. The molecule has 5 nitrogen and oxygen atoms in total. The van der Waals surface area contributed by atoms with Gasteiger partial charge in [0, 0.05) is 27.8 Å². The smallest absolute Gasteiger partial charge is 0.267 e. The van der Waals surface area contributed by atoms with E-state index in [4.69, 9.17) is 0 Å². The van der Waals surface area contributed by atoms with Gasteiger partial charge in [0.05, 0.1) is 16.8 Å². The zero-order valence-corrected chi connectivity index (χ0v) is 15.9. The van der Waals surface area contributed by atoms with E-state index >= 15 is 0 Å². The zero-order chi connectivity index (χ0) is 19.0. The van der Waals surface area contributed by atoms with Gasteiger partial charge in [0.1, 0.15) is 5.82 Å². The Kier molecular flexibility index (Phi) is 4.45. The van der Waals surface area contributed by atoms with Crippen LogP contribution in [0.3, 0.4) is 0 Å². The van der Waals surface area contributed by atoms with Crippen LogP contribution in [0.2, 0.25) is 0 Å². The van der Waals surface area contributed by atoms with Crippen molar-refractivity contribution in [2.24, 2.45) is 0 Å². The highest BCUT2D eigenvalue weighted by Crippen LogP contribution is 2.21. The molecule has 0 saturated heterocycles. The first-order chi connectivity index (χ1) is 13.0. The number of fused-ring (bicyclic) bond motifs is 1. The van der Waals surface area contributed by atoms with E-state index in [9.17, 15) is 9.18 Å². The van der Waals surface area contributed by atoms with Gasteiger partial charge in [-0.2, -0.15) is 0 Å². The molecule has 2 aromatic heterocycles. The molecule has 0 radical (unpaired) electrons. The Balaban J connectivity index is 1.62. The van der Waals surface area contributed by atoms with E-state index in [1.807, 2.05) is 24.3 Å². The van der Waals surface area contributed by atoms with Crippen LogP contribution >= 0.6 is 15.9 Å². The Morgan fingerprint density at radius 3 is 2.81 bits per heavy atom. The van der Waals surface area contributed by atoms with Crippen molar-refractivity contribution in [2.75, 3.05) is 5.43 Å². The average molecular weight is 425 g/mol. The highest BCUT2D eigenvalue weighted by Gasteiger charge is 2.14. The second-order valence-electron chi connectivity index (χ2n) is 6.03. The van der Waals surface area contributed by atoms with Crippen molar-refractivity contribution in [1.29, 1.82) is 0 Å². The van der Waals surface area contributed by atoms with Crippen LogP contribution in [0.5, 0.6) is 0 Å². The molecular formula is C20H14BrFN4O. The zero-order valence-electron chi connectivity index (χ0n) is 14.3. The molecule has 4 aromatic rings. The maximum Gasteiger partial charge on any atom is 0.273 e. The molecule has 0 fully saturated rings.